The van der Waals surface area contributed by atoms with Gasteiger partial charge in [-0.25, -0.2) is 9.97 Å². The molecule has 0 saturated heterocycles. The largest absolute Gasteiger partial charge is 0.477 e. The fourth-order valence-corrected chi connectivity index (χ4v) is 3.86. The van der Waals surface area contributed by atoms with Crippen molar-refractivity contribution in [3.8, 4) is 5.88 Å². The average Bonchev–Trinajstić information content (AvgIpc) is 2.68. The summed E-state index contributed by atoms with van der Waals surface area (Å²) in [5.41, 5.74) is 0.793. The molecule has 3 heterocycles. The van der Waals surface area contributed by atoms with Gasteiger partial charge in [0.15, 0.2) is 5.82 Å². The second-order valence-electron chi connectivity index (χ2n) is 8.43. The van der Waals surface area contributed by atoms with Crippen molar-refractivity contribution in [1.29, 1.82) is 0 Å². The van der Waals surface area contributed by atoms with Crippen LogP contribution in [0.2, 0.25) is 0 Å². The number of hydrogen-bond donors (Lipinski definition) is 2. The average molecular weight is 450 g/mol. The minimum Gasteiger partial charge on any atom is -0.477 e. The van der Waals surface area contributed by atoms with E-state index in [0.29, 0.717) is 29.8 Å². The molecule has 0 radical (unpaired) electrons. The van der Waals surface area contributed by atoms with Crippen LogP contribution in [0.4, 0.5) is 30.6 Å². The van der Waals surface area contributed by atoms with Gasteiger partial charge in [-0.05, 0) is 45.6 Å². The van der Waals surface area contributed by atoms with Gasteiger partial charge in [-0.3, -0.25) is 4.79 Å². The summed E-state index contributed by atoms with van der Waals surface area (Å²) in [5, 5.41) is 6.15. The van der Waals surface area contributed by atoms with Gasteiger partial charge < -0.3 is 20.3 Å². The zero-order chi connectivity index (χ0) is 23.2. The molecule has 1 aliphatic heterocycles. The van der Waals surface area contributed by atoms with Gasteiger partial charge in [-0.1, -0.05) is 0 Å². The van der Waals surface area contributed by atoms with Crippen molar-refractivity contribution in [3.05, 3.63) is 29.1 Å². The quantitative estimate of drug-likeness (QED) is 0.720. The molecule has 0 bridgehead atoms. The zero-order valence-corrected chi connectivity index (χ0v) is 18.2. The van der Waals surface area contributed by atoms with Gasteiger partial charge in [0, 0.05) is 24.8 Å². The fourth-order valence-electron chi connectivity index (χ4n) is 3.86. The van der Waals surface area contributed by atoms with Crippen molar-refractivity contribution in [2.24, 2.45) is 5.92 Å². The molecule has 1 atom stereocenters. The Morgan fingerprint density at radius 3 is 2.62 bits per heavy atom. The number of aromatic nitrogens is 3. The number of pyridine rings is 1. The molecule has 1 aliphatic carbocycles. The number of nitrogens with one attached hydrogen (secondary N) is 2. The number of fused-ring (bicyclic) bond motifs is 1. The third-order valence-electron chi connectivity index (χ3n) is 5.91. The number of alkyl halides is 3. The number of ether oxygens (including phenoxy) is 1. The van der Waals surface area contributed by atoms with Crippen molar-refractivity contribution in [2.45, 2.75) is 51.9 Å². The molecule has 172 valence electrons. The van der Waals surface area contributed by atoms with Gasteiger partial charge in [0.2, 0.25) is 17.7 Å². The van der Waals surface area contributed by atoms with Crippen LogP contribution in [-0.4, -0.2) is 46.6 Å². The molecule has 2 N–H and O–H groups in total. The number of aryl methyl sites for hydroxylation is 2. The fraction of sp³-hybridized carbons (Fsp3) is 0.524. The van der Waals surface area contributed by atoms with Gasteiger partial charge >= 0.3 is 6.18 Å². The first kappa shape index (κ1) is 22.1. The third-order valence-corrected chi connectivity index (χ3v) is 5.91. The van der Waals surface area contributed by atoms with Crippen molar-refractivity contribution in [1.82, 2.24) is 15.0 Å². The number of rotatable bonds is 5. The molecule has 0 spiro atoms. The smallest absolute Gasteiger partial charge is 0.416 e. The summed E-state index contributed by atoms with van der Waals surface area (Å²) < 4.78 is 44.4. The van der Waals surface area contributed by atoms with Crippen LogP contribution in [-0.2, 0) is 11.0 Å². The minimum atomic E-state index is -4.43. The molecule has 11 heteroatoms. The summed E-state index contributed by atoms with van der Waals surface area (Å²) in [6.45, 7) is 5.43. The Labute approximate surface area is 183 Å². The van der Waals surface area contributed by atoms with E-state index in [-0.39, 0.29) is 35.5 Å². The topological polar surface area (TPSA) is 92.3 Å². The summed E-state index contributed by atoms with van der Waals surface area (Å²) in [6, 6.07) is 1.74. The van der Waals surface area contributed by atoms with Crippen LogP contribution < -0.4 is 20.3 Å². The molecule has 1 fully saturated rings. The lowest BCUT2D eigenvalue weighted by Crippen LogP contribution is -2.45. The normalized spacial score (nSPS) is 22.7. The number of hydrogen-bond acceptors (Lipinski definition) is 7. The maximum atomic E-state index is 13.0. The predicted molar refractivity (Wildman–Crippen MR) is 113 cm³/mol. The van der Waals surface area contributed by atoms with E-state index in [0.717, 1.165) is 25.0 Å². The Hall–Kier alpha value is -3.11. The van der Waals surface area contributed by atoms with Crippen molar-refractivity contribution < 1.29 is 22.7 Å². The Bertz CT molecular complexity index is 1040. The second-order valence-corrected chi connectivity index (χ2v) is 8.43. The zero-order valence-electron chi connectivity index (χ0n) is 18.2. The summed E-state index contributed by atoms with van der Waals surface area (Å²) in [5.74, 6) is 1.24. The number of likely N-dealkylation sites (N-methyl/N-ethyl adjacent to an activating group) is 1. The van der Waals surface area contributed by atoms with Crippen LogP contribution in [0.5, 0.6) is 5.88 Å². The van der Waals surface area contributed by atoms with Gasteiger partial charge in [0.25, 0.3) is 0 Å². The Morgan fingerprint density at radius 2 is 1.94 bits per heavy atom. The highest BCUT2D eigenvalue weighted by atomic mass is 19.4. The molecule has 0 unspecified atom stereocenters. The molecule has 2 aliphatic rings. The monoisotopic (exact) mass is 450 g/mol. The van der Waals surface area contributed by atoms with Crippen molar-refractivity contribution >= 4 is 23.4 Å². The number of amides is 1. The first-order valence-corrected chi connectivity index (χ1v) is 10.4. The minimum absolute atomic E-state index is 0.0124. The molecule has 32 heavy (non-hydrogen) atoms. The van der Waals surface area contributed by atoms with E-state index in [1.807, 2.05) is 18.9 Å². The lowest BCUT2D eigenvalue weighted by Gasteiger charge is -2.36. The highest BCUT2D eigenvalue weighted by molar-refractivity contribution is 6.03. The van der Waals surface area contributed by atoms with E-state index in [2.05, 4.69) is 25.6 Å². The number of halogens is 3. The van der Waals surface area contributed by atoms with Crippen LogP contribution in [0.25, 0.3) is 0 Å². The molecule has 8 nitrogen and oxygen atoms in total. The molecular formula is C21H25F3N6O2. The Balaban J connectivity index is 1.33. The molecular weight excluding hydrogens is 425 g/mol. The van der Waals surface area contributed by atoms with Crippen molar-refractivity contribution in [3.63, 3.8) is 0 Å². The van der Waals surface area contributed by atoms with E-state index >= 15 is 0 Å². The number of nitrogens with zero attached hydrogens (tertiary/aromatic N) is 4. The van der Waals surface area contributed by atoms with Gasteiger partial charge in [-0.15, -0.1) is 0 Å². The molecule has 1 amide bonds. The van der Waals surface area contributed by atoms with Gasteiger partial charge in [0.05, 0.1) is 17.9 Å². The van der Waals surface area contributed by atoms with Crippen molar-refractivity contribution in [2.75, 3.05) is 29.2 Å². The number of carbonyl (C=O) groups is 1. The molecule has 1 saturated carbocycles. The molecule has 2 aromatic rings. The summed E-state index contributed by atoms with van der Waals surface area (Å²) in [7, 11) is 1.82. The highest BCUT2D eigenvalue weighted by Crippen LogP contribution is 2.35. The third kappa shape index (κ3) is 4.42. The van der Waals surface area contributed by atoms with E-state index in [1.54, 1.807) is 6.92 Å². The molecule has 2 aromatic heterocycles. The van der Waals surface area contributed by atoms with Gasteiger partial charge in [0.1, 0.15) is 11.7 Å². The first-order chi connectivity index (χ1) is 15.0. The van der Waals surface area contributed by atoms with Gasteiger partial charge in [-0.2, -0.15) is 18.2 Å². The standard InChI is InChI=1S/C21H25F3N6O2/c1-10-5-14(21(22,23)24)8-16(25-10)32-9-13-6-15(7-13)27-20-26-11(2)17-18(29-20)30(4)12(3)19(31)28-17/h5,8,12-13,15H,6-7,9H2,1-4H3,(H,28,31)(H,26,27,29)/t12-,13-,15+/m0/s1. The SMILES string of the molecule is Cc1cc(C(F)(F)F)cc(OC[C@H]2C[C@@H](Nc3nc(C)c4c(n3)N(C)[C@@H](C)C(=O)N4)C2)n1. The van der Waals surface area contributed by atoms with Crippen LogP contribution >= 0.6 is 0 Å². The van der Waals surface area contributed by atoms with Crippen LogP contribution in [0, 0.1) is 19.8 Å². The van der Waals surface area contributed by atoms with E-state index in [9.17, 15) is 18.0 Å². The predicted octanol–water partition coefficient (Wildman–Crippen LogP) is 3.55. The maximum Gasteiger partial charge on any atom is 0.416 e. The number of carbonyl (C=O) groups excluding carboxylic acids is 1. The summed E-state index contributed by atoms with van der Waals surface area (Å²) in [4.78, 5) is 26.9. The molecule has 4 rings (SSSR count). The lowest BCUT2D eigenvalue weighted by molar-refractivity contribution is -0.137. The number of anilines is 3. The summed E-state index contributed by atoms with van der Waals surface area (Å²) in [6.07, 6.45) is -2.88. The summed E-state index contributed by atoms with van der Waals surface area (Å²) >= 11 is 0. The second kappa shape index (κ2) is 8.10. The lowest BCUT2D eigenvalue weighted by atomic mass is 9.81. The van der Waals surface area contributed by atoms with Crippen LogP contribution in [0.1, 0.15) is 36.7 Å². The Morgan fingerprint density at radius 1 is 1.22 bits per heavy atom. The van der Waals surface area contributed by atoms with E-state index in [4.69, 9.17) is 4.74 Å². The Kier molecular flexibility index (Phi) is 5.59. The van der Waals surface area contributed by atoms with E-state index in [1.165, 1.54) is 6.92 Å². The maximum absolute atomic E-state index is 13.0. The van der Waals surface area contributed by atoms with E-state index < -0.39 is 11.7 Å². The highest BCUT2D eigenvalue weighted by Gasteiger charge is 2.34. The van der Waals surface area contributed by atoms with Crippen LogP contribution in [0.15, 0.2) is 12.1 Å². The van der Waals surface area contributed by atoms with Crippen LogP contribution in [0.3, 0.4) is 0 Å². The first-order valence-electron chi connectivity index (χ1n) is 10.4. The molecule has 0 aromatic carbocycles.